The van der Waals surface area contributed by atoms with E-state index in [1.807, 2.05) is 31.2 Å². The van der Waals surface area contributed by atoms with Gasteiger partial charge in [0.05, 0.1) is 0 Å². The first-order valence-electron chi connectivity index (χ1n) is 8.39. The lowest BCUT2D eigenvalue weighted by atomic mass is 10.2. The van der Waals surface area contributed by atoms with Gasteiger partial charge in [0.25, 0.3) is 5.56 Å². The maximum atomic E-state index is 12.2. The fourth-order valence-electron chi connectivity index (χ4n) is 2.30. The Hall–Kier alpha value is -1.37. The van der Waals surface area contributed by atoms with Crippen molar-refractivity contribution >= 4 is 24.0 Å². The number of alkyl halides is 1. The van der Waals surface area contributed by atoms with E-state index in [9.17, 15) is 4.79 Å². The minimum absolute atomic E-state index is 0.0419. The third kappa shape index (κ3) is 6.13. The van der Waals surface area contributed by atoms with Crippen LogP contribution in [0.25, 0.3) is 5.69 Å². The van der Waals surface area contributed by atoms with Crippen molar-refractivity contribution in [1.29, 1.82) is 0 Å². The minimum atomic E-state index is -1.07. The lowest BCUT2D eigenvalue weighted by molar-refractivity contribution is 0.0216. The molecule has 1 aromatic carbocycles. The van der Waals surface area contributed by atoms with Crippen LogP contribution in [0.15, 0.2) is 41.3 Å². The second-order valence-corrected chi connectivity index (χ2v) is 13.5. The SMILES string of the molecule is Cc1cc(-n2ccc(CBr)cc2=O)ccc1OCOCC[Si](C)(C)C. The second-order valence-electron chi connectivity index (χ2n) is 7.31. The highest BCUT2D eigenvalue weighted by Gasteiger charge is 2.12. The maximum absolute atomic E-state index is 12.2. The molecule has 136 valence electrons. The normalized spacial score (nSPS) is 11.6. The van der Waals surface area contributed by atoms with Crippen molar-refractivity contribution in [3.05, 3.63) is 58.0 Å². The first-order chi connectivity index (χ1) is 11.8. The summed E-state index contributed by atoms with van der Waals surface area (Å²) in [5.74, 6) is 0.780. The van der Waals surface area contributed by atoms with Gasteiger partial charge in [-0.05, 0) is 48.4 Å². The summed E-state index contributed by atoms with van der Waals surface area (Å²) in [5, 5.41) is 0.673. The van der Waals surface area contributed by atoms with Crippen molar-refractivity contribution in [1.82, 2.24) is 4.57 Å². The monoisotopic (exact) mass is 423 g/mol. The van der Waals surface area contributed by atoms with Gasteiger partial charge in [-0.3, -0.25) is 9.36 Å². The number of ether oxygens (including phenoxy) is 2. The number of rotatable bonds is 8. The Morgan fingerprint density at radius 2 is 1.92 bits per heavy atom. The van der Waals surface area contributed by atoms with Gasteiger partial charge < -0.3 is 9.47 Å². The smallest absolute Gasteiger partial charge is 0.255 e. The van der Waals surface area contributed by atoms with E-state index < -0.39 is 8.07 Å². The molecule has 0 bridgehead atoms. The van der Waals surface area contributed by atoms with Gasteiger partial charge in [0.1, 0.15) is 5.75 Å². The highest BCUT2D eigenvalue weighted by molar-refractivity contribution is 9.08. The Morgan fingerprint density at radius 3 is 2.52 bits per heavy atom. The van der Waals surface area contributed by atoms with Crippen LogP contribution in [0.3, 0.4) is 0 Å². The molecule has 0 radical (unpaired) electrons. The van der Waals surface area contributed by atoms with Crippen molar-refractivity contribution in [2.24, 2.45) is 0 Å². The molecule has 0 aliphatic heterocycles. The lowest BCUT2D eigenvalue weighted by Crippen LogP contribution is -2.22. The number of halogens is 1. The standard InChI is InChI=1S/C19H26BrNO3Si/c1-15-11-17(21-8-7-16(13-20)12-19(21)22)5-6-18(15)24-14-23-9-10-25(2,3)4/h5-8,11-12H,9-10,13-14H2,1-4H3. The molecule has 2 rings (SSSR count). The Bertz CT molecular complexity index is 768. The zero-order valence-electron chi connectivity index (χ0n) is 15.3. The zero-order valence-corrected chi connectivity index (χ0v) is 17.9. The fourth-order valence-corrected chi connectivity index (χ4v) is 3.41. The van der Waals surface area contributed by atoms with Crippen LogP contribution in [0.1, 0.15) is 11.1 Å². The van der Waals surface area contributed by atoms with Gasteiger partial charge in [-0.2, -0.15) is 0 Å². The van der Waals surface area contributed by atoms with E-state index in [1.165, 1.54) is 0 Å². The van der Waals surface area contributed by atoms with E-state index >= 15 is 0 Å². The molecular weight excluding hydrogens is 398 g/mol. The summed E-state index contributed by atoms with van der Waals surface area (Å²) in [6.07, 6.45) is 1.80. The van der Waals surface area contributed by atoms with Crippen molar-refractivity contribution in [2.75, 3.05) is 13.4 Å². The Balaban J connectivity index is 2.00. The summed E-state index contributed by atoms with van der Waals surface area (Å²) >= 11 is 3.37. The first kappa shape index (κ1) is 19.9. The summed E-state index contributed by atoms with van der Waals surface area (Å²) in [6, 6.07) is 10.4. The molecule has 0 aliphatic carbocycles. The summed E-state index contributed by atoms with van der Waals surface area (Å²) < 4.78 is 12.9. The molecule has 0 fully saturated rings. The molecule has 25 heavy (non-hydrogen) atoms. The van der Waals surface area contributed by atoms with Crippen LogP contribution in [-0.4, -0.2) is 26.0 Å². The zero-order chi connectivity index (χ0) is 18.4. The number of aryl methyl sites for hydroxylation is 1. The molecule has 6 heteroatoms. The van der Waals surface area contributed by atoms with Gasteiger partial charge in [-0.15, -0.1) is 0 Å². The van der Waals surface area contributed by atoms with Crippen LogP contribution in [0.2, 0.25) is 25.7 Å². The average Bonchev–Trinajstić information content (AvgIpc) is 2.54. The molecule has 0 saturated carbocycles. The number of hydrogen-bond donors (Lipinski definition) is 0. The van der Waals surface area contributed by atoms with Crippen LogP contribution in [-0.2, 0) is 10.1 Å². The molecule has 0 spiro atoms. The van der Waals surface area contributed by atoms with E-state index in [-0.39, 0.29) is 12.4 Å². The predicted octanol–water partition coefficient (Wildman–Crippen LogP) is 4.73. The molecule has 1 heterocycles. The van der Waals surface area contributed by atoms with Gasteiger partial charge in [0.15, 0.2) is 6.79 Å². The van der Waals surface area contributed by atoms with E-state index in [0.717, 1.165) is 35.2 Å². The Morgan fingerprint density at radius 1 is 1.16 bits per heavy atom. The van der Waals surface area contributed by atoms with E-state index in [1.54, 1.807) is 16.8 Å². The molecular formula is C19H26BrNO3Si. The Labute approximate surface area is 158 Å². The topological polar surface area (TPSA) is 40.5 Å². The van der Waals surface area contributed by atoms with Crippen molar-refractivity contribution in [2.45, 2.75) is 37.9 Å². The van der Waals surface area contributed by atoms with E-state index in [4.69, 9.17) is 9.47 Å². The molecule has 0 unspecified atom stereocenters. The largest absolute Gasteiger partial charge is 0.467 e. The average molecular weight is 424 g/mol. The number of hydrogen-bond acceptors (Lipinski definition) is 3. The van der Waals surface area contributed by atoms with E-state index in [2.05, 4.69) is 35.6 Å². The highest BCUT2D eigenvalue weighted by atomic mass is 79.9. The molecule has 0 aliphatic rings. The highest BCUT2D eigenvalue weighted by Crippen LogP contribution is 2.21. The van der Waals surface area contributed by atoms with Gasteiger partial charge in [-0.1, -0.05) is 35.6 Å². The maximum Gasteiger partial charge on any atom is 0.255 e. The predicted molar refractivity (Wildman–Crippen MR) is 109 cm³/mol. The number of nitrogens with zero attached hydrogens (tertiary/aromatic N) is 1. The minimum Gasteiger partial charge on any atom is -0.467 e. The number of benzene rings is 1. The van der Waals surface area contributed by atoms with Crippen LogP contribution in [0.5, 0.6) is 5.75 Å². The summed E-state index contributed by atoms with van der Waals surface area (Å²) in [7, 11) is -1.07. The third-order valence-corrected chi connectivity index (χ3v) is 6.22. The van der Waals surface area contributed by atoms with Gasteiger partial charge in [-0.25, -0.2) is 0 Å². The molecule has 0 amide bonds. The van der Waals surface area contributed by atoms with Crippen molar-refractivity contribution in [3.63, 3.8) is 0 Å². The van der Waals surface area contributed by atoms with Crippen molar-refractivity contribution < 1.29 is 9.47 Å². The number of pyridine rings is 1. The van der Waals surface area contributed by atoms with Crippen LogP contribution < -0.4 is 10.3 Å². The third-order valence-electron chi connectivity index (χ3n) is 3.87. The lowest BCUT2D eigenvalue weighted by Gasteiger charge is -2.16. The molecule has 0 saturated heterocycles. The fraction of sp³-hybridized carbons (Fsp3) is 0.421. The van der Waals surface area contributed by atoms with Crippen LogP contribution >= 0.6 is 15.9 Å². The van der Waals surface area contributed by atoms with Crippen LogP contribution in [0, 0.1) is 6.92 Å². The van der Waals surface area contributed by atoms with Gasteiger partial charge in [0, 0.05) is 38.0 Å². The molecule has 0 atom stereocenters. The molecule has 0 N–H and O–H groups in total. The van der Waals surface area contributed by atoms with Crippen LogP contribution in [0.4, 0.5) is 0 Å². The summed E-state index contributed by atoms with van der Waals surface area (Å²) in [6.45, 7) is 9.94. The van der Waals surface area contributed by atoms with E-state index in [0.29, 0.717) is 5.33 Å². The first-order valence-corrected chi connectivity index (χ1v) is 13.2. The summed E-state index contributed by atoms with van der Waals surface area (Å²) in [5.41, 5.74) is 2.73. The Kier molecular flexibility index (Phi) is 7.04. The van der Waals surface area contributed by atoms with Gasteiger partial charge in [0.2, 0.25) is 0 Å². The second kappa shape index (κ2) is 8.83. The molecule has 2 aromatic rings. The quantitative estimate of drug-likeness (QED) is 0.266. The summed E-state index contributed by atoms with van der Waals surface area (Å²) in [4.78, 5) is 12.2. The number of aromatic nitrogens is 1. The van der Waals surface area contributed by atoms with Gasteiger partial charge >= 0.3 is 0 Å². The molecule has 1 aromatic heterocycles. The molecule has 4 nitrogen and oxygen atoms in total. The van der Waals surface area contributed by atoms with Crippen molar-refractivity contribution in [3.8, 4) is 11.4 Å².